The summed E-state index contributed by atoms with van der Waals surface area (Å²) in [6.45, 7) is 0.342. The third-order valence-corrected chi connectivity index (χ3v) is 2.95. The van der Waals surface area contributed by atoms with E-state index in [0.29, 0.717) is 12.1 Å². The van der Waals surface area contributed by atoms with Gasteiger partial charge in [-0.3, -0.25) is 10.1 Å². The Balaban J connectivity index is 2.49. The number of hydrogen-bond donors (Lipinski definition) is 1. The van der Waals surface area contributed by atoms with Crippen molar-refractivity contribution < 1.29 is 4.92 Å². The van der Waals surface area contributed by atoms with E-state index in [-0.39, 0.29) is 16.5 Å². The minimum Gasteiger partial charge on any atom is -0.330 e. The Morgan fingerprint density at radius 2 is 1.67 bits per heavy atom. The summed E-state index contributed by atoms with van der Waals surface area (Å²) in [6.07, 6.45) is 0. The Hall–Kier alpha value is -2.20. The van der Waals surface area contributed by atoms with Gasteiger partial charge in [0.05, 0.1) is 4.92 Å². The molecule has 0 radical (unpaired) electrons. The van der Waals surface area contributed by atoms with E-state index >= 15 is 0 Å². The molecule has 0 spiro atoms. The van der Waals surface area contributed by atoms with Gasteiger partial charge in [0.25, 0.3) is 5.69 Å². The van der Waals surface area contributed by atoms with E-state index in [1.807, 2.05) is 30.3 Å². The van der Waals surface area contributed by atoms with Crippen LogP contribution in [-0.4, -0.2) is 11.5 Å². The van der Waals surface area contributed by atoms with Crippen molar-refractivity contribution in [3.63, 3.8) is 0 Å². The molecule has 0 aliphatic heterocycles. The van der Waals surface area contributed by atoms with E-state index in [4.69, 9.17) is 5.73 Å². The van der Waals surface area contributed by atoms with Gasteiger partial charge in [0, 0.05) is 24.1 Å². The zero-order chi connectivity index (χ0) is 13.0. The summed E-state index contributed by atoms with van der Waals surface area (Å²) in [7, 11) is 0. The summed E-state index contributed by atoms with van der Waals surface area (Å²) < 4.78 is 0. The van der Waals surface area contributed by atoms with Crippen molar-refractivity contribution in [2.45, 2.75) is 5.92 Å². The lowest BCUT2D eigenvalue weighted by Gasteiger charge is -2.15. The number of hydrogen-bond acceptors (Lipinski definition) is 3. The molecule has 2 aromatic carbocycles. The van der Waals surface area contributed by atoms with Gasteiger partial charge in [-0.2, -0.15) is 0 Å². The van der Waals surface area contributed by atoms with E-state index in [9.17, 15) is 10.1 Å². The summed E-state index contributed by atoms with van der Waals surface area (Å²) in [5, 5.41) is 11.0. The SMILES string of the molecule is NCC(c1ccccc1)c1ccccc1[N+](=O)[O-]. The molecule has 1 atom stereocenters. The van der Waals surface area contributed by atoms with Gasteiger partial charge in [-0.05, 0) is 5.56 Å². The highest BCUT2D eigenvalue weighted by Crippen LogP contribution is 2.30. The van der Waals surface area contributed by atoms with Crippen LogP contribution in [-0.2, 0) is 0 Å². The summed E-state index contributed by atoms with van der Waals surface area (Å²) >= 11 is 0. The highest BCUT2D eigenvalue weighted by molar-refractivity contribution is 5.46. The molecule has 2 N–H and O–H groups in total. The first-order valence-corrected chi connectivity index (χ1v) is 5.72. The second-order valence-corrected chi connectivity index (χ2v) is 4.01. The predicted octanol–water partition coefficient (Wildman–Crippen LogP) is 2.69. The number of rotatable bonds is 4. The van der Waals surface area contributed by atoms with Crippen LogP contribution in [0.15, 0.2) is 54.6 Å². The van der Waals surface area contributed by atoms with Crippen LogP contribution in [0, 0.1) is 10.1 Å². The first-order valence-electron chi connectivity index (χ1n) is 5.72. The summed E-state index contributed by atoms with van der Waals surface area (Å²) in [6, 6.07) is 16.4. The van der Waals surface area contributed by atoms with Gasteiger partial charge in [0.15, 0.2) is 0 Å². The van der Waals surface area contributed by atoms with Crippen LogP contribution in [0.5, 0.6) is 0 Å². The van der Waals surface area contributed by atoms with Crippen molar-refractivity contribution in [3.05, 3.63) is 75.8 Å². The molecular formula is C14H14N2O2. The first-order chi connectivity index (χ1) is 8.74. The van der Waals surface area contributed by atoms with Crippen LogP contribution >= 0.6 is 0 Å². The fourth-order valence-electron chi connectivity index (χ4n) is 2.08. The lowest BCUT2D eigenvalue weighted by molar-refractivity contribution is -0.385. The van der Waals surface area contributed by atoms with Gasteiger partial charge < -0.3 is 5.73 Å². The number of para-hydroxylation sites is 1. The van der Waals surface area contributed by atoms with E-state index in [2.05, 4.69) is 0 Å². The summed E-state index contributed by atoms with van der Waals surface area (Å²) in [4.78, 5) is 10.7. The average molecular weight is 242 g/mol. The second-order valence-electron chi connectivity index (χ2n) is 4.01. The normalized spacial score (nSPS) is 12.1. The van der Waals surface area contributed by atoms with E-state index in [1.54, 1.807) is 18.2 Å². The smallest absolute Gasteiger partial charge is 0.273 e. The highest BCUT2D eigenvalue weighted by atomic mass is 16.6. The van der Waals surface area contributed by atoms with Crippen LogP contribution in [0.1, 0.15) is 17.0 Å². The van der Waals surface area contributed by atoms with Gasteiger partial charge in [-0.1, -0.05) is 48.5 Å². The van der Waals surface area contributed by atoms with Gasteiger partial charge in [-0.15, -0.1) is 0 Å². The molecule has 1 unspecified atom stereocenters. The molecular weight excluding hydrogens is 228 g/mol. The Labute approximate surface area is 105 Å². The molecule has 0 amide bonds. The zero-order valence-corrected chi connectivity index (χ0v) is 9.82. The molecule has 92 valence electrons. The molecule has 2 rings (SSSR count). The van der Waals surface area contributed by atoms with Crippen LogP contribution in [0.4, 0.5) is 5.69 Å². The van der Waals surface area contributed by atoms with Crippen LogP contribution in [0.25, 0.3) is 0 Å². The average Bonchev–Trinajstić information content (AvgIpc) is 2.41. The number of nitrogens with two attached hydrogens (primary N) is 1. The first kappa shape index (κ1) is 12.3. The number of nitro benzene ring substituents is 1. The molecule has 0 saturated heterocycles. The molecule has 0 saturated carbocycles. The maximum Gasteiger partial charge on any atom is 0.273 e. The predicted molar refractivity (Wildman–Crippen MR) is 70.4 cm³/mol. The van der Waals surface area contributed by atoms with Crippen molar-refractivity contribution in [2.75, 3.05) is 6.54 Å². The third-order valence-electron chi connectivity index (χ3n) is 2.95. The largest absolute Gasteiger partial charge is 0.330 e. The van der Waals surface area contributed by atoms with Crippen molar-refractivity contribution in [1.29, 1.82) is 0 Å². The van der Waals surface area contributed by atoms with Crippen LogP contribution in [0.2, 0.25) is 0 Å². The third kappa shape index (κ3) is 2.38. The standard InChI is InChI=1S/C14H14N2O2/c15-10-13(11-6-2-1-3-7-11)12-8-4-5-9-14(12)16(17)18/h1-9,13H,10,15H2. The molecule has 0 aromatic heterocycles. The fraction of sp³-hybridized carbons (Fsp3) is 0.143. The van der Waals surface area contributed by atoms with Gasteiger partial charge in [0.1, 0.15) is 0 Å². The van der Waals surface area contributed by atoms with Crippen LogP contribution < -0.4 is 5.73 Å². The van der Waals surface area contributed by atoms with Gasteiger partial charge >= 0.3 is 0 Å². The molecule has 0 heterocycles. The van der Waals surface area contributed by atoms with Crippen molar-refractivity contribution >= 4 is 5.69 Å². The topological polar surface area (TPSA) is 69.2 Å². The molecule has 4 nitrogen and oxygen atoms in total. The molecule has 0 fully saturated rings. The number of nitro groups is 1. The molecule has 0 aliphatic carbocycles. The van der Waals surface area contributed by atoms with Crippen LogP contribution in [0.3, 0.4) is 0 Å². The van der Waals surface area contributed by atoms with Crippen molar-refractivity contribution in [2.24, 2.45) is 5.73 Å². The van der Waals surface area contributed by atoms with E-state index in [0.717, 1.165) is 5.56 Å². The quantitative estimate of drug-likeness (QED) is 0.662. The number of nitrogens with zero attached hydrogens (tertiary/aromatic N) is 1. The van der Waals surface area contributed by atoms with E-state index in [1.165, 1.54) is 6.07 Å². The monoisotopic (exact) mass is 242 g/mol. The molecule has 0 bridgehead atoms. The lowest BCUT2D eigenvalue weighted by atomic mass is 9.90. The Morgan fingerprint density at radius 3 is 2.28 bits per heavy atom. The summed E-state index contributed by atoms with van der Waals surface area (Å²) in [5.41, 5.74) is 7.56. The highest BCUT2D eigenvalue weighted by Gasteiger charge is 2.21. The fourth-order valence-corrected chi connectivity index (χ4v) is 2.08. The molecule has 0 aliphatic rings. The maximum absolute atomic E-state index is 11.0. The Kier molecular flexibility index (Phi) is 3.69. The number of benzene rings is 2. The van der Waals surface area contributed by atoms with Gasteiger partial charge in [0.2, 0.25) is 0 Å². The van der Waals surface area contributed by atoms with E-state index < -0.39 is 0 Å². The minimum atomic E-state index is -0.360. The molecule has 2 aromatic rings. The van der Waals surface area contributed by atoms with Crippen molar-refractivity contribution in [3.8, 4) is 0 Å². The maximum atomic E-state index is 11.0. The van der Waals surface area contributed by atoms with Crippen molar-refractivity contribution in [1.82, 2.24) is 0 Å². The second kappa shape index (κ2) is 5.42. The zero-order valence-electron chi connectivity index (χ0n) is 9.82. The van der Waals surface area contributed by atoms with Gasteiger partial charge in [-0.25, -0.2) is 0 Å². The molecule has 4 heteroatoms. The Bertz CT molecular complexity index is 541. The molecule has 18 heavy (non-hydrogen) atoms. The Morgan fingerprint density at radius 1 is 1.06 bits per heavy atom. The minimum absolute atomic E-state index is 0.122. The lowest BCUT2D eigenvalue weighted by Crippen LogP contribution is -2.15. The summed E-state index contributed by atoms with van der Waals surface area (Å²) in [5.74, 6) is -0.146.